The summed E-state index contributed by atoms with van der Waals surface area (Å²) in [5.74, 6) is -2.15. The minimum atomic E-state index is -1.03. The van der Waals surface area contributed by atoms with E-state index in [-0.39, 0.29) is 12.2 Å². The molecule has 0 spiro atoms. The van der Waals surface area contributed by atoms with Gasteiger partial charge >= 0.3 is 12.1 Å². The summed E-state index contributed by atoms with van der Waals surface area (Å²) in [4.78, 5) is 35.2. The molecule has 0 heterocycles. The topological polar surface area (TPSA) is 92.7 Å². The molecule has 0 saturated carbocycles. The minimum absolute atomic E-state index is 0.137. The van der Waals surface area contributed by atoms with E-state index in [0.717, 1.165) is 18.4 Å². The van der Waals surface area contributed by atoms with Crippen LogP contribution < -0.4 is 5.32 Å². The number of rotatable bonds is 10. The van der Waals surface area contributed by atoms with Crippen LogP contribution >= 0.6 is 0 Å². The molecule has 0 fully saturated rings. The third-order valence-electron chi connectivity index (χ3n) is 3.62. The van der Waals surface area contributed by atoms with Crippen LogP contribution in [-0.2, 0) is 20.7 Å². The first kappa shape index (κ1) is 19.7. The van der Waals surface area contributed by atoms with Gasteiger partial charge in [0.15, 0.2) is 5.78 Å². The van der Waals surface area contributed by atoms with E-state index in [1.54, 1.807) is 0 Å². The van der Waals surface area contributed by atoms with E-state index in [4.69, 9.17) is 9.84 Å². The molecule has 6 nitrogen and oxygen atoms in total. The van der Waals surface area contributed by atoms with E-state index >= 15 is 0 Å². The predicted molar refractivity (Wildman–Crippen MR) is 89.7 cm³/mol. The van der Waals surface area contributed by atoms with Crippen molar-refractivity contribution in [2.45, 2.75) is 45.6 Å². The SMILES string of the molecule is CCCCOC(=O)NC(Cc1ccccc1)C(=O)CC(C)C(=O)O. The maximum Gasteiger partial charge on any atom is 0.407 e. The van der Waals surface area contributed by atoms with Gasteiger partial charge in [-0.2, -0.15) is 0 Å². The maximum atomic E-state index is 12.4. The molecule has 1 amide bonds. The molecule has 1 aromatic carbocycles. The molecule has 0 aromatic heterocycles. The van der Waals surface area contributed by atoms with Crippen LogP contribution in [0.25, 0.3) is 0 Å². The Hall–Kier alpha value is -2.37. The molecule has 24 heavy (non-hydrogen) atoms. The van der Waals surface area contributed by atoms with Gasteiger partial charge in [0.2, 0.25) is 0 Å². The molecular formula is C18H25NO5. The van der Waals surface area contributed by atoms with Crippen molar-refractivity contribution in [1.29, 1.82) is 0 Å². The third-order valence-corrected chi connectivity index (χ3v) is 3.62. The van der Waals surface area contributed by atoms with E-state index in [0.29, 0.717) is 13.0 Å². The monoisotopic (exact) mass is 335 g/mol. The van der Waals surface area contributed by atoms with Crippen molar-refractivity contribution < 1.29 is 24.2 Å². The zero-order valence-electron chi connectivity index (χ0n) is 14.2. The van der Waals surface area contributed by atoms with E-state index in [9.17, 15) is 14.4 Å². The van der Waals surface area contributed by atoms with E-state index in [1.807, 2.05) is 37.3 Å². The Morgan fingerprint density at radius 2 is 1.88 bits per heavy atom. The molecule has 0 aliphatic heterocycles. The number of carbonyl (C=O) groups is 3. The number of carboxylic acids is 1. The Morgan fingerprint density at radius 1 is 1.21 bits per heavy atom. The Labute approximate surface area is 142 Å². The molecule has 1 aromatic rings. The molecule has 2 unspecified atom stereocenters. The molecule has 2 N–H and O–H groups in total. The molecule has 1 rings (SSSR count). The predicted octanol–water partition coefficient (Wildman–Crippen LogP) is 2.80. The van der Waals surface area contributed by atoms with Gasteiger partial charge in [0.1, 0.15) is 0 Å². The number of nitrogens with one attached hydrogen (secondary N) is 1. The highest BCUT2D eigenvalue weighted by atomic mass is 16.5. The van der Waals surface area contributed by atoms with Crippen LogP contribution in [0.1, 0.15) is 38.7 Å². The van der Waals surface area contributed by atoms with Crippen molar-refractivity contribution in [3.05, 3.63) is 35.9 Å². The number of unbranched alkanes of at least 4 members (excludes halogenated alkanes) is 1. The lowest BCUT2D eigenvalue weighted by Gasteiger charge is -2.19. The normalized spacial score (nSPS) is 12.9. The highest BCUT2D eigenvalue weighted by Crippen LogP contribution is 2.10. The number of ketones is 1. The number of carboxylic acid groups (broad SMARTS) is 1. The second kappa shape index (κ2) is 10.4. The first-order chi connectivity index (χ1) is 11.4. The summed E-state index contributed by atoms with van der Waals surface area (Å²) in [6.45, 7) is 3.75. The smallest absolute Gasteiger partial charge is 0.407 e. The average molecular weight is 335 g/mol. The fourth-order valence-corrected chi connectivity index (χ4v) is 2.12. The molecule has 0 bridgehead atoms. The van der Waals surface area contributed by atoms with Crippen molar-refractivity contribution in [2.24, 2.45) is 5.92 Å². The Kier molecular flexibility index (Phi) is 8.54. The Bertz CT molecular complexity index is 544. The fourth-order valence-electron chi connectivity index (χ4n) is 2.12. The highest BCUT2D eigenvalue weighted by Gasteiger charge is 2.25. The summed E-state index contributed by atoms with van der Waals surface area (Å²) >= 11 is 0. The summed E-state index contributed by atoms with van der Waals surface area (Å²) in [6, 6.07) is 8.45. The van der Waals surface area contributed by atoms with Gasteiger partial charge in [0, 0.05) is 6.42 Å². The summed E-state index contributed by atoms with van der Waals surface area (Å²) < 4.78 is 5.03. The van der Waals surface area contributed by atoms with Crippen molar-refractivity contribution in [3.8, 4) is 0 Å². The van der Waals surface area contributed by atoms with Crippen LogP contribution in [-0.4, -0.2) is 35.6 Å². The molecule has 0 radical (unpaired) electrons. The summed E-state index contributed by atoms with van der Waals surface area (Å²) in [7, 11) is 0. The van der Waals surface area contributed by atoms with Crippen LogP contribution in [0.5, 0.6) is 0 Å². The van der Waals surface area contributed by atoms with Crippen LogP contribution in [0, 0.1) is 5.92 Å². The number of benzene rings is 1. The van der Waals surface area contributed by atoms with Crippen molar-refractivity contribution in [3.63, 3.8) is 0 Å². The molecule has 6 heteroatoms. The number of alkyl carbamates (subject to hydrolysis) is 1. The quantitative estimate of drug-likeness (QED) is 0.641. The molecule has 2 atom stereocenters. The maximum absolute atomic E-state index is 12.4. The largest absolute Gasteiger partial charge is 0.481 e. The van der Waals surface area contributed by atoms with Crippen molar-refractivity contribution in [2.75, 3.05) is 6.61 Å². The zero-order chi connectivity index (χ0) is 17.9. The Balaban J connectivity index is 2.72. The summed E-state index contributed by atoms with van der Waals surface area (Å²) in [5, 5.41) is 11.5. The van der Waals surface area contributed by atoms with Gasteiger partial charge in [-0.15, -0.1) is 0 Å². The Morgan fingerprint density at radius 3 is 2.46 bits per heavy atom. The molecule has 0 aliphatic carbocycles. The molecule has 0 saturated heterocycles. The average Bonchev–Trinajstić information content (AvgIpc) is 2.55. The third kappa shape index (κ3) is 7.26. The highest BCUT2D eigenvalue weighted by molar-refractivity contribution is 5.90. The van der Waals surface area contributed by atoms with E-state index < -0.39 is 24.0 Å². The van der Waals surface area contributed by atoms with Gasteiger partial charge < -0.3 is 15.2 Å². The number of carbonyl (C=O) groups excluding carboxylic acids is 2. The zero-order valence-corrected chi connectivity index (χ0v) is 14.2. The summed E-state index contributed by atoms with van der Waals surface area (Å²) in [5.41, 5.74) is 0.882. The second-order valence-electron chi connectivity index (χ2n) is 5.79. The first-order valence-corrected chi connectivity index (χ1v) is 8.16. The second-order valence-corrected chi connectivity index (χ2v) is 5.79. The number of ether oxygens (including phenoxy) is 1. The number of amides is 1. The standard InChI is InChI=1S/C18H25NO5/c1-3-4-10-24-18(23)19-15(12-14-8-6-5-7-9-14)16(20)11-13(2)17(21)22/h5-9,13,15H,3-4,10-12H2,1-2H3,(H,19,23)(H,21,22). The van der Waals surface area contributed by atoms with Crippen LogP contribution in [0.2, 0.25) is 0 Å². The molecule has 0 aliphatic rings. The van der Waals surface area contributed by atoms with Gasteiger partial charge in [0.25, 0.3) is 0 Å². The van der Waals surface area contributed by atoms with Crippen LogP contribution in [0.4, 0.5) is 4.79 Å². The fraction of sp³-hybridized carbons (Fsp3) is 0.500. The number of hydrogen-bond acceptors (Lipinski definition) is 4. The lowest BCUT2D eigenvalue weighted by molar-refractivity contribution is -0.143. The van der Waals surface area contributed by atoms with Crippen molar-refractivity contribution >= 4 is 17.8 Å². The number of Topliss-reactive ketones (excluding diaryl/α,β-unsaturated/α-hetero) is 1. The van der Waals surface area contributed by atoms with E-state index in [1.165, 1.54) is 6.92 Å². The number of hydrogen-bond donors (Lipinski definition) is 2. The number of aliphatic carboxylic acids is 1. The van der Waals surface area contributed by atoms with Crippen LogP contribution in [0.15, 0.2) is 30.3 Å². The van der Waals surface area contributed by atoms with Gasteiger partial charge in [-0.25, -0.2) is 4.79 Å². The first-order valence-electron chi connectivity index (χ1n) is 8.16. The minimum Gasteiger partial charge on any atom is -0.481 e. The van der Waals surface area contributed by atoms with Gasteiger partial charge in [-0.05, 0) is 18.4 Å². The van der Waals surface area contributed by atoms with Gasteiger partial charge in [-0.1, -0.05) is 50.6 Å². The summed E-state index contributed by atoms with van der Waals surface area (Å²) in [6.07, 6.45) is 1.16. The lowest BCUT2D eigenvalue weighted by atomic mass is 9.96. The molecular weight excluding hydrogens is 310 g/mol. The van der Waals surface area contributed by atoms with Crippen molar-refractivity contribution in [1.82, 2.24) is 5.32 Å². The van der Waals surface area contributed by atoms with Gasteiger partial charge in [-0.3, -0.25) is 9.59 Å². The van der Waals surface area contributed by atoms with E-state index in [2.05, 4.69) is 5.32 Å². The van der Waals surface area contributed by atoms with Gasteiger partial charge in [0.05, 0.1) is 18.6 Å². The molecule has 132 valence electrons. The lowest BCUT2D eigenvalue weighted by Crippen LogP contribution is -2.43. The van der Waals surface area contributed by atoms with Crippen LogP contribution in [0.3, 0.4) is 0 Å².